The van der Waals surface area contributed by atoms with E-state index in [2.05, 4.69) is 41.9 Å². The lowest BCUT2D eigenvalue weighted by Gasteiger charge is -2.44. The summed E-state index contributed by atoms with van der Waals surface area (Å²) in [6.07, 6.45) is 6.95. The van der Waals surface area contributed by atoms with Gasteiger partial charge in [0.1, 0.15) is 12.4 Å². The van der Waals surface area contributed by atoms with Gasteiger partial charge in [0.05, 0.1) is 11.8 Å². The summed E-state index contributed by atoms with van der Waals surface area (Å²) < 4.78 is 13.8. The van der Waals surface area contributed by atoms with Gasteiger partial charge in [-0.15, -0.1) is 0 Å². The molecule has 3 atom stereocenters. The Kier molecular flexibility index (Phi) is 5.72. The Hall–Kier alpha value is -2.37. The molecular formula is C27H28BrNO3. The summed E-state index contributed by atoms with van der Waals surface area (Å²) >= 11 is 3.76. The summed E-state index contributed by atoms with van der Waals surface area (Å²) in [5.74, 6) is 0.924. The number of amides is 1. The molecule has 32 heavy (non-hydrogen) atoms. The quantitative estimate of drug-likeness (QED) is 0.468. The number of hydrogen-bond acceptors (Lipinski definition) is 3. The molecule has 0 radical (unpaired) electrons. The standard InChI is InChI=1S/C27H28BrNO3/c1-18(2)14-15-29-24-13-7-12-23(28)25(24)27(26(29)30)22-11-6-8-19(22)16-21(32-27)17-31-20-9-4-3-5-10-20/h3-5,7-10,12-14,21-22H,6,11,15-17H2,1-2H3. The molecule has 3 aliphatic rings. The van der Waals surface area contributed by atoms with Crippen LogP contribution >= 0.6 is 15.9 Å². The number of benzene rings is 2. The Morgan fingerprint density at radius 2 is 2.03 bits per heavy atom. The van der Waals surface area contributed by atoms with Crippen LogP contribution in [0.3, 0.4) is 0 Å². The average Bonchev–Trinajstić information content (AvgIpc) is 3.35. The van der Waals surface area contributed by atoms with Crippen LogP contribution in [-0.4, -0.2) is 25.2 Å². The van der Waals surface area contributed by atoms with Crippen molar-refractivity contribution >= 4 is 27.5 Å². The SMILES string of the molecule is CC(C)=CCN1C(=O)C2(OC(COc3ccccc3)CC3=CCCC32)c2c(Br)cccc21. The van der Waals surface area contributed by atoms with Crippen molar-refractivity contribution in [1.82, 2.24) is 0 Å². The van der Waals surface area contributed by atoms with E-state index in [0.29, 0.717) is 13.2 Å². The maximum absolute atomic E-state index is 14.1. The van der Waals surface area contributed by atoms with Gasteiger partial charge in [0, 0.05) is 22.5 Å². The molecular weight excluding hydrogens is 466 g/mol. The second-order valence-corrected chi connectivity index (χ2v) is 9.90. The molecule has 1 saturated heterocycles. The molecule has 0 aromatic heterocycles. The predicted molar refractivity (Wildman–Crippen MR) is 130 cm³/mol. The van der Waals surface area contributed by atoms with Gasteiger partial charge in [-0.25, -0.2) is 0 Å². The third kappa shape index (κ3) is 3.52. The fraction of sp³-hybridized carbons (Fsp3) is 0.370. The van der Waals surface area contributed by atoms with Crippen molar-refractivity contribution in [3.05, 3.63) is 81.9 Å². The van der Waals surface area contributed by atoms with E-state index in [-0.39, 0.29) is 17.9 Å². The summed E-state index contributed by atoms with van der Waals surface area (Å²) in [7, 11) is 0. The lowest BCUT2D eigenvalue weighted by atomic mass is 9.74. The van der Waals surface area contributed by atoms with E-state index in [1.165, 1.54) is 11.1 Å². The molecule has 2 aromatic rings. The minimum Gasteiger partial charge on any atom is -0.491 e. The average molecular weight is 494 g/mol. The number of fused-ring (bicyclic) bond motifs is 4. The first kappa shape index (κ1) is 21.5. The van der Waals surface area contributed by atoms with Gasteiger partial charge < -0.3 is 14.4 Å². The number of rotatable bonds is 5. The van der Waals surface area contributed by atoms with E-state index in [1.807, 2.05) is 53.4 Å². The summed E-state index contributed by atoms with van der Waals surface area (Å²) in [6.45, 7) is 5.08. The van der Waals surface area contributed by atoms with Gasteiger partial charge in [-0.05, 0) is 57.4 Å². The number of carbonyl (C=O) groups excluding carboxylic acids is 1. The number of allylic oxidation sites excluding steroid dienone is 2. The Bertz CT molecular complexity index is 1090. The highest BCUT2D eigenvalue weighted by molar-refractivity contribution is 9.10. The number of halogens is 1. The molecule has 1 spiro atoms. The highest BCUT2D eigenvalue weighted by atomic mass is 79.9. The molecule has 1 aliphatic carbocycles. The largest absolute Gasteiger partial charge is 0.491 e. The zero-order chi connectivity index (χ0) is 22.3. The fourth-order valence-electron chi connectivity index (χ4n) is 5.31. The zero-order valence-corrected chi connectivity index (χ0v) is 20.1. The third-order valence-corrected chi connectivity index (χ3v) is 7.35. The second kappa shape index (κ2) is 8.53. The van der Waals surface area contributed by atoms with Crippen molar-refractivity contribution in [3.8, 4) is 5.75 Å². The molecule has 2 aliphatic heterocycles. The Morgan fingerprint density at radius 1 is 1.22 bits per heavy atom. The van der Waals surface area contributed by atoms with Gasteiger partial charge in [-0.2, -0.15) is 0 Å². The van der Waals surface area contributed by atoms with E-state index >= 15 is 0 Å². The van der Waals surface area contributed by atoms with Crippen LogP contribution in [0.5, 0.6) is 5.75 Å². The molecule has 166 valence electrons. The van der Waals surface area contributed by atoms with Gasteiger partial charge in [0.25, 0.3) is 5.91 Å². The highest BCUT2D eigenvalue weighted by Crippen LogP contribution is 2.58. The van der Waals surface area contributed by atoms with Crippen LogP contribution in [-0.2, 0) is 15.1 Å². The van der Waals surface area contributed by atoms with Crippen LogP contribution in [0.4, 0.5) is 5.69 Å². The Morgan fingerprint density at radius 3 is 2.81 bits per heavy atom. The van der Waals surface area contributed by atoms with Crippen molar-refractivity contribution in [2.75, 3.05) is 18.1 Å². The summed E-state index contributed by atoms with van der Waals surface area (Å²) in [5, 5.41) is 0. The van der Waals surface area contributed by atoms with Crippen LogP contribution in [0.15, 0.2) is 76.3 Å². The van der Waals surface area contributed by atoms with Crippen LogP contribution in [0.1, 0.15) is 38.7 Å². The fourth-order valence-corrected chi connectivity index (χ4v) is 5.96. The Balaban J connectivity index is 1.54. The maximum atomic E-state index is 14.1. The minimum atomic E-state index is -1.00. The van der Waals surface area contributed by atoms with E-state index in [4.69, 9.17) is 9.47 Å². The van der Waals surface area contributed by atoms with Crippen molar-refractivity contribution in [3.63, 3.8) is 0 Å². The van der Waals surface area contributed by atoms with Crippen LogP contribution < -0.4 is 9.64 Å². The number of anilines is 1. The highest BCUT2D eigenvalue weighted by Gasteiger charge is 2.61. The van der Waals surface area contributed by atoms with Crippen LogP contribution in [0.25, 0.3) is 0 Å². The lowest BCUT2D eigenvalue weighted by Crippen LogP contribution is -2.53. The summed E-state index contributed by atoms with van der Waals surface area (Å²) in [6, 6.07) is 15.8. The molecule has 2 aromatic carbocycles. The van der Waals surface area contributed by atoms with Gasteiger partial charge in [-0.3, -0.25) is 4.79 Å². The molecule has 1 amide bonds. The van der Waals surface area contributed by atoms with E-state index < -0.39 is 5.60 Å². The monoisotopic (exact) mass is 493 g/mol. The Labute approximate surface area is 198 Å². The predicted octanol–water partition coefficient (Wildman–Crippen LogP) is 6.16. The number of para-hydroxylation sites is 1. The molecule has 0 saturated carbocycles. The van der Waals surface area contributed by atoms with Gasteiger partial charge >= 0.3 is 0 Å². The van der Waals surface area contributed by atoms with Crippen molar-refractivity contribution in [1.29, 1.82) is 0 Å². The van der Waals surface area contributed by atoms with Gasteiger partial charge in [0.15, 0.2) is 5.60 Å². The first-order valence-corrected chi connectivity index (χ1v) is 12.1. The normalized spacial score (nSPS) is 26.0. The van der Waals surface area contributed by atoms with Gasteiger partial charge in [-0.1, -0.05) is 63.5 Å². The molecule has 1 fully saturated rings. The molecule has 2 heterocycles. The molecule has 4 nitrogen and oxygen atoms in total. The van der Waals surface area contributed by atoms with Crippen molar-refractivity contribution < 1.29 is 14.3 Å². The molecule has 0 bridgehead atoms. The smallest absolute Gasteiger partial charge is 0.264 e. The molecule has 0 N–H and O–H groups in total. The number of hydrogen-bond donors (Lipinski definition) is 0. The van der Waals surface area contributed by atoms with Crippen molar-refractivity contribution in [2.45, 2.75) is 44.8 Å². The maximum Gasteiger partial charge on any atom is 0.264 e. The topological polar surface area (TPSA) is 38.8 Å². The first-order valence-electron chi connectivity index (χ1n) is 11.3. The van der Waals surface area contributed by atoms with E-state index in [1.54, 1.807) is 0 Å². The zero-order valence-electron chi connectivity index (χ0n) is 18.5. The molecule has 5 heteroatoms. The third-order valence-electron chi connectivity index (χ3n) is 6.69. The number of nitrogens with zero attached hydrogens (tertiary/aromatic N) is 1. The lowest BCUT2D eigenvalue weighted by molar-refractivity contribution is -0.174. The summed E-state index contributed by atoms with van der Waals surface area (Å²) in [4.78, 5) is 16.0. The number of carbonyl (C=O) groups is 1. The van der Waals surface area contributed by atoms with Crippen molar-refractivity contribution in [2.24, 2.45) is 5.92 Å². The van der Waals surface area contributed by atoms with E-state index in [0.717, 1.165) is 40.7 Å². The second-order valence-electron chi connectivity index (χ2n) is 9.04. The summed E-state index contributed by atoms with van der Waals surface area (Å²) in [5.41, 5.74) is 3.43. The minimum absolute atomic E-state index is 0.0408. The number of ether oxygens (including phenoxy) is 2. The van der Waals surface area contributed by atoms with Gasteiger partial charge in [0.2, 0.25) is 0 Å². The van der Waals surface area contributed by atoms with Crippen LogP contribution in [0.2, 0.25) is 0 Å². The molecule has 5 rings (SSSR count). The van der Waals surface area contributed by atoms with E-state index in [9.17, 15) is 4.79 Å². The first-order chi connectivity index (χ1) is 15.5. The molecule has 3 unspecified atom stereocenters. The van der Waals surface area contributed by atoms with Crippen LogP contribution in [0, 0.1) is 5.92 Å².